The first-order chi connectivity index (χ1) is 21.9. The second-order valence-corrected chi connectivity index (χ2v) is 13.1. The van der Waals surface area contributed by atoms with Crippen molar-refractivity contribution in [3.63, 3.8) is 0 Å². The van der Waals surface area contributed by atoms with Gasteiger partial charge in [-0.2, -0.15) is 0 Å². The van der Waals surface area contributed by atoms with E-state index < -0.39 is 17.2 Å². The van der Waals surface area contributed by atoms with Crippen molar-refractivity contribution in [1.29, 1.82) is 0 Å². The van der Waals surface area contributed by atoms with Gasteiger partial charge in [0, 0.05) is 29.1 Å². The fourth-order valence-corrected chi connectivity index (χ4v) is 5.64. The summed E-state index contributed by atoms with van der Waals surface area (Å²) in [7, 11) is 0. The molecule has 0 spiro atoms. The van der Waals surface area contributed by atoms with Crippen LogP contribution in [0, 0.1) is 5.92 Å². The van der Waals surface area contributed by atoms with Crippen molar-refractivity contribution in [2.24, 2.45) is 5.92 Å². The number of nitrogens with two attached hydrogens (primary N) is 1. The number of pyridine rings is 2. The Morgan fingerprint density at radius 2 is 1.74 bits per heavy atom. The van der Waals surface area contributed by atoms with Crippen LogP contribution in [0.2, 0.25) is 0 Å². The summed E-state index contributed by atoms with van der Waals surface area (Å²) in [6, 6.07) is 23.3. The number of fused-ring (bicyclic) bond motifs is 1. The Morgan fingerprint density at radius 3 is 2.39 bits per heavy atom. The molecule has 6 rings (SSSR count). The predicted molar refractivity (Wildman–Crippen MR) is 180 cm³/mol. The molecule has 3 aromatic heterocycles. The minimum atomic E-state index is -0.582. The third-order valence-corrected chi connectivity index (χ3v) is 8.16. The van der Waals surface area contributed by atoms with Crippen LogP contribution >= 0.6 is 0 Å². The SMILES string of the molecule is CC(C)C(=O)Nc1cccc(-c2ccc3nc(-c4cccnc4N)n(-c4ccc(C5(NC(=O)OC(C)(C)C)CCC5)cc4)c3n2)c1. The Morgan fingerprint density at radius 1 is 0.978 bits per heavy atom. The quantitative estimate of drug-likeness (QED) is 0.175. The summed E-state index contributed by atoms with van der Waals surface area (Å²) in [5.74, 6) is 0.788. The molecule has 2 aromatic carbocycles. The van der Waals surface area contributed by atoms with Gasteiger partial charge in [-0.3, -0.25) is 9.36 Å². The van der Waals surface area contributed by atoms with E-state index in [1.165, 1.54) is 0 Å². The molecule has 4 N–H and O–H groups in total. The Hall–Kier alpha value is -5.25. The average molecular weight is 618 g/mol. The van der Waals surface area contributed by atoms with Gasteiger partial charge in [0.15, 0.2) is 11.5 Å². The molecule has 1 aliphatic carbocycles. The number of alkyl carbamates (subject to hydrolysis) is 1. The van der Waals surface area contributed by atoms with Crippen molar-refractivity contribution in [3.05, 3.63) is 84.6 Å². The standard InChI is InChI=1S/C36H39N7O3/c1-22(2)33(44)39-25-10-6-9-23(21-25)28-16-17-29-32(40-28)43(31(41-29)27-11-7-20-38-30(27)37)26-14-12-24(13-15-26)36(18-8-19-36)42-34(45)46-35(3,4)5/h6-7,9-17,20-22H,8,18-19H2,1-5H3,(H2,37,38)(H,39,44)(H,42,45). The first kappa shape index (κ1) is 30.8. The van der Waals surface area contributed by atoms with Gasteiger partial charge in [0.1, 0.15) is 16.9 Å². The van der Waals surface area contributed by atoms with Crippen LogP contribution in [0.15, 0.2) is 79.0 Å². The number of rotatable bonds is 7. The third kappa shape index (κ3) is 6.15. The van der Waals surface area contributed by atoms with Gasteiger partial charge < -0.3 is 21.1 Å². The molecule has 5 aromatic rings. The Labute approximate surface area is 268 Å². The summed E-state index contributed by atoms with van der Waals surface area (Å²) in [6.45, 7) is 9.30. The number of ether oxygens (including phenoxy) is 1. The molecule has 1 aliphatic rings. The van der Waals surface area contributed by atoms with Gasteiger partial charge in [-0.05, 0) is 94.1 Å². The summed E-state index contributed by atoms with van der Waals surface area (Å²) in [4.78, 5) is 39.4. The van der Waals surface area contributed by atoms with Crippen LogP contribution in [-0.2, 0) is 15.1 Å². The highest BCUT2D eigenvalue weighted by molar-refractivity contribution is 5.93. The summed E-state index contributed by atoms with van der Waals surface area (Å²) >= 11 is 0. The molecule has 10 heteroatoms. The van der Waals surface area contributed by atoms with E-state index in [1.807, 2.05) is 112 Å². The number of carbonyl (C=O) groups is 2. The fourth-order valence-electron chi connectivity index (χ4n) is 5.64. The maximum atomic E-state index is 12.7. The summed E-state index contributed by atoms with van der Waals surface area (Å²) in [5.41, 5.74) is 11.4. The first-order valence-electron chi connectivity index (χ1n) is 15.6. The maximum Gasteiger partial charge on any atom is 0.408 e. The van der Waals surface area contributed by atoms with Crippen molar-refractivity contribution in [2.45, 2.75) is 65.0 Å². The van der Waals surface area contributed by atoms with Crippen LogP contribution in [0.1, 0.15) is 59.4 Å². The fraction of sp³-hybridized carbons (Fsp3) is 0.306. The van der Waals surface area contributed by atoms with Gasteiger partial charge in [-0.25, -0.2) is 19.7 Å². The lowest BCUT2D eigenvalue weighted by Gasteiger charge is -2.43. The number of nitrogens with zero attached hydrogens (tertiary/aromatic N) is 4. The minimum Gasteiger partial charge on any atom is -0.444 e. The van der Waals surface area contributed by atoms with E-state index >= 15 is 0 Å². The molecular weight excluding hydrogens is 578 g/mol. The largest absolute Gasteiger partial charge is 0.444 e. The van der Waals surface area contributed by atoms with Crippen LogP contribution in [0.5, 0.6) is 0 Å². The van der Waals surface area contributed by atoms with Gasteiger partial charge in [0.25, 0.3) is 0 Å². The number of nitrogens with one attached hydrogen (secondary N) is 2. The van der Waals surface area contributed by atoms with Crippen molar-refractivity contribution >= 4 is 34.7 Å². The maximum absolute atomic E-state index is 12.7. The lowest BCUT2D eigenvalue weighted by molar-refractivity contribution is -0.118. The second-order valence-electron chi connectivity index (χ2n) is 13.1. The molecule has 1 saturated carbocycles. The highest BCUT2D eigenvalue weighted by atomic mass is 16.6. The van der Waals surface area contributed by atoms with E-state index in [0.29, 0.717) is 34.1 Å². The number of benzene rings is 2. The zero-order valence-corrected chi connectivity index (χ0v) is 26.8. The molecule has 2 amide bonds. The molecule has 0 unspecified atom stereocenters. The molecule has 0 aliphatic heterocycles. The van der Waals surface area contributed by atoms with E-state index in [0.717, 1.165) is 41.8 Å². The number of carbonyl (C=O) groups excluding carboxylic acids is 2. The number of nitrogen functional groups attached to an aromatic ring is 1. The molecule has 0 saturated heterocycles. The molecule has 1 fully saturated rings. The second kappa shape index (κ2) is 11.9. The Balaban J connectivity index is 1.42. The number of hydrogen-bond acceptors (Lipinski definition) is 7. The monoisotopic (exact) mass is 617 g/mol. The Bertz CT molecular complexity index is 1920. The summed E-state index contributed by atoms with van der Waals surface area (Å²) in [5, 5.41) is 6.10. The molecule has 236 valence electrons. The topological polar surface area (TPSA) is 137 Å². The lowest BCUT2D eigenvalue weighted by atomic mass is 9.72. The van der Waals surface area contributed by atoms with E-state index in [2.05, 4.69) is 15.6 Å². The van der Waals surface area contributed by atoms with Crippen LogP contribution in [0.4, 0.5) is 16.3 Å². The van der Waals surface area contributed by atoms with Crippen LogP contribution in [0.25, 0.3) is 39.5 Å². The lowest BCUT2D eigenvalue weighted by Crippen LogP contribution is -2.52. The van der Waals surface area contributed by atoms with Gasteiger partial charge in [-0.1, -0.05) is 38.1 Å². The summed E-state index contributed by atoms with van der Waals surface area (Å²) < 4.78 is 7.55. The highest BCUT2D eigenvalue weighted by Crippen LogP contribution is 2.42. The molecule has 3 heterocycles. The van der Waals surface area contributed by atoms with Crippen LogP contribution < -0.4 is 16.4 Å². The molecule has 0 bridgehead atoms. The van der Waals surface area contributed by atoms with E-state index in [4.69, 9.17) is 20.4 Å². The van der Waals surface area contributed by atoms with Crippen LogP contribution in [-0.4, -0.2) is 37.1 Å². The average Bonchev–Trinajstić information content (AvgIpc) is 3.37. The number of anilines is 2. The van der Waals surface area contributed by atoms with Gasteiger partial charge in [0.2, 0.25) is 5.91 Å². The van der Waals surface area contributed by atoms with E-state index in [1.54, 1.807) is 6.20 Å². The van der Waals surface area contributed by atoms with Gasteiger partial charge in [-0.15, -0.1) is 0 Å². The van der Waals surface area contributed by atoms with E-state index in [-0.39, 0.29) is 11.8 Å². The Kier molecular flexibility index (Phi) is 7.97. The van der Waals surface area contributed by atoms with Gasteiger partial charge >= 0.3 is 6.09 Å². The number of aromatic nitrogens is 4. The first-order valence-corrected chi connectivity index (χ1v) is 15.6. The minimum absolute atomic E-state index is 0.0502. The zero-order valence-electron chi connectivity index (χ0n) is 26.8. The van der Waals surface area contributed by atoms with Crippen molar-refractivity contribution in [2.75, 3.05) is 11.1 Å². The van der Waals surface area contributed by atoms with Crippen molar-refractivity contribution < 1.29 is 14.3 Å². The predicted octanol–water partition coefficient (Wildman–Crippen LogP) is 7.23. The van der Waals surface area contributed by atoms with Crippen molar-refractivity contribution in [3.8, 4) is 28.3 Å². The normalized spacial score (nSPS) is 14.1. The van der Waals surface area contributed by atoms with Gasteiger partial charge in [0.05, 0.1) is 16.8 Å². The van der Waals surface area contributed by atoms with Crippen LogP contribution in [0.3, 0.4) is 0 Å². The van der Waals surface area contributed by atoms with Crippen molar-refractivity contribution in [1.82, 2.24) is 24.8 Å². The zero-order chi connectivity index (χ0) is 32.6. The summed E-state index contributed by atoms with van der Waals surface area (Å²) in [6.07, 6.45) is 3.91. The number of hydrogen-bond donors (Lipinski definition) is 3. The molecular formula is C36H39N7O3. The molecule has 10 nitrogen and oxygen atoms in total. The molecule has 0 radical (unpaired) electrons. The van der Waals surface area contributed by atoms with E-state index in [9.17, 15) is 9.59 Å². The molecule has 0 atom stereocenters. The smallest absolute Gasteiger partial charge is 0.408 e. The highest BCUT2D eigenvalue weighted by Gasteiger charge is 2.41. The molecule has 46 heavy (non-hydrogen) atoms. The number of imidazole rings is 1. The third-order valence-electron chi connectivity index (χ3n) is 8.16. The number of amides is 2.